The molecule has 3 nitrogen and oxygen atoms in total. The van der Waals surface area contributed by atoms with E-state index >= 15 is 0 Å². The molecule has 1 aromatic rings. The predicted octanol–water partition coefficient (Wildman–Crippen LogP) is 1.64. The zero-order chi connectivity index (χ0) is 12.9. The van der Waals surface area contributed by atoms with Gasteiger partial charge in [0.15, 0.2) is 0 Å². The van der Waals surface area contributed by atoms with Crippen LogP contribution in [0.25, 0.3) is 0 Å². The number of fused-ring (bicyclic) bond motifs is 1. The Bertz CT molecular complexity index is 413. The van der Waals surface area contributed by atoms with E-state index in [-0.39, 0.29) is 0 Å². The predicted molar refractivity (Wildman–Crippen MR) is 77.4 cm³/mol. The average molecular weight is 260 g/mol. The Morgan fingerprint density at radius 2 is 2.11 bits per heavy atom. The molecule has 0 radical (unpaired) electrons. The maximum Gasteiger partial charge on any atom is 0.0824 e. The van der Waals surface area contributed by atoms with Crippen LogP contribution in [0.1, 0.15) is 29.5 Å². The van der Waals surface area contributed by atoms with E-state index in [0.717, 1.165) is 32.8 Å². The van der Waals surface area contributed by atoms with E-state index in [0.29, 0.717) is 6.10 Å². The number of morpholine rings is 1. The SMILES string of the molecule is c1cc2c(cc1CNCC1CNCCO1)CCCC2. The Morgan fingerprint density at radius 3 is 2.95 bits per heavy atom. The van der Waals surface area contributed by atoms with Gasteiger partial charge in [0.2, 0.25) is 0 Å². The second-order valence-electron chi connectivity index (χ2n) is 5.64. The van der Waals surface area contributed by atoms with E-state index in [2.05, 4.69) is 28.8 Å². The molecule has 3 heteroatoms. The van der Waals surface area contributed by atoms with Crippen LogP contribution in [0.2, 0.25) is 0 Å². The molecule has 1 aromatic carbocycles. The van der Waals surface area contributed by atoms with Gasteiger partial charge >= 0.3 is 0 Å². The molecule has 104 valence electrons. The molecule has 3 rings (SSSR count). The summed E-state index contributed by atoms with van der Waals surface area (Å²) in [6.07, 6.45) is 5.57. The number of nitrogens with one attached hydrogen (secondary N) is 2. The fraction of sp³-hybridized carbons (Fsp3) is 0.625. The van der Waals surface area contributed by atoms with Crippen molar-refractivity contribution in [3.63, 3.8) is 0 Å². The summed E-state index contributed by atoms with van der Waals surface area (Å²) in [5.41, 5.74) is 4.54. The average Bonchev–Trinajstić information content (AvgIpc) is 2.48. The number of aryl methyl sites for hydroxylation is 2. The molecule has 0 aromatic heterocycles. The molecule has 0 saturated carbocycles. The first kappa shape index (κ1) is 13.1. The molecule has 1 aliphatic heterocycles. The highest BCUT2D eigenvalue weighted by Crippen LogP contribution is 2.22. The van der Waals surface area contributed by atoms with Gasteiger partial charge in [-0.15, -0.1) is 0 Å². The Labute approximate surface area is 115 Å². The second kappa shape index (κ2) is 6.51. The first-order chi connectivity index (χ1) is 9.42. The molecule has 1 saturated heterocycles. The van der Waals surface area contributed by atoms with Gasteiger partial charge in [-0.1, -0.05) is 18.2 Å². The molecule has 0 spiro atoms. The summed E-state index contributed by atoms with van der Waals surface area (Å²) in [7, 11) is 0. The molecular formula is C16H24N2O. The lowest BCUT2D eigenvalue weighted by Gasteiger charge is -2.24. The van der Waals surface area contributed by atoms with Crippen molar-refractivity contribution >= 4 is 0 Å². The number of rotatable bonds is 4. The van der Waals surface area contributed by atoms with Crippen molar-refractivity contribution in [2.24, 2.45) is 0 Å². The molecular weight excluding hydrogens is 236 g/mol. The van der Waals surface area contributed by atoms with E-state index in [4.69, 9.17) is 4.74 Å². The third-order valence-electron chi connectivity index (χ3n) is 4.12. The van der Waals surface area contributed by atoms with Crippen LogP contribution in [-0.2, 0) is 24.1 Å². The molecule has 1 atom stereocenters. The summed E-state index contributed by atoms with van der Waals surface area (Å²) in [4.78, 5) is 0. The molecule has 1 heterocycles. The largest absolute Gasteiger partial charge is 0.374 e. The summed E-state index contributed by atoms with van der Waals surface area (Å²) in [6.45, 7) is 4.68. The molecule has 1 aliphatic carbocycles. The van der Waals surface area contributed by atoms with Crippen LogP contribution in [0.15, 0.2) is 18.2 Å². The fourth-order valence-electron chi connectivity index (χ4n) is 3.03. The minimum atomic E-state index is 0.325. The van der Waals surface area contributed by atoms with Gasteiger partial charge in [-0.25, -0.2) is 0 Å². The molecule has 1 unspecified atom stereocenters. The van der Waals surface area contributed by atoms with Crippen LogP contribution in [0, 0.1) is 0 Å². The van der Waals surface area contributed by atoms with Crippen LogP contribution in [0.3, 0.4) is 0 Å². The Balaban J connectivity index is 1.49. The van der Waals surface area contributed by atoms with E-state index < -0.39 is 0 Å². The van der Waals surface area contributed by atoms with Crippen LogP contribution in [-0.4, -0.2) is 32.3 Å². The Morgan fingerprint density at radius 1 is 1.21 bits per heavy atom. The van der Waals surface area contributed by atoms with Gasteiger partial charge in [-0.2, -0.15) is 0 Å². The Kier molecular flexibility index (Phi) is 4.49. The van der Waals surface area contributed by atoms with Crippen molar-refractivity contribution in [2.75, 3.05) is 26.2 Å². The number of benzene rings is 1. The minimum absolute atomic E-state index is 0.325. The van der Waals surface area contributed by atoms with Gasteiger partial charge in [-0.05, 0) is 42.4 Å². The molecule has 2 N–H and O–H groups in total. The molecule has 0 bridgehead atoms. The first-order valence-corrected chi connectivity index (χ1v) is 7.55. The van der Waals surface area contributed by atoms with Gasteiger partial charge in [0.1, 0.15) is 0 Å². The van der Waals surface area contributed by atoms with Gasteiger partial charge < -0.3 is 15.4 Å². The lowest BCUT2D eigenvalue weighted by atomic mass is 9.90. The van der Waals surface area contributed by atoms with Crippen LogP contribution in [0.5, 0.6) is 0 Å². The Hall–Kier alpha value is -0.900. The highest BCUT2D eigenvalue weighted by atomic mass is 16.5. The summed E-state index contributed by atoms with van der Waals surface area (Å²) in [6, 6.07) is 6.99. The van der Waals surface area contributed by atoms with Crippen molar-refractivity contribution < 1.29 is 4.74 Å². The van der Waals surface area contributed by atoms with E-state index in [1.807, 2.05) is 0 Å². The van der Waals surface area contributed by atoms with Gasteiger partial charge in [0.25, 0.3) is 0 Å². The molecule has 1 fully saturated rings. The van der Waals surface area contributed by atoms with E-state index in [9.17, 15) is 0 Å². The lowest BCUT2D eigenvalue weighted by molar-refractivity contribution is 0.0290. The van der Waals surface area contributed by atoms with E-state index in [1.54, 1.807) is 11.1 Å². The van der Waals surface area contributed by atoms with Crippen molar-refractivity contribution in [2.45, 2.75) is 38.3 Å². The molecule has 2 aliphatic rings. The highest BCUT2D eigenvalue weighted by Gasteiger charge is 2.13. The van der Waals surface area contributed by atoms with Crippen LogP contribution >= 0.6 is 0 Å². The quantitative estimate of drug-likeness (QED) is 0.863. The summed E-state index contributed by atoms with van der Waals surface area (Å²) < 4.78 is 5.68. The minimum Gasteiger partial charge on any atom is -0.374 e. The summed E-state index contributed by atoms with van der Waals surface area (Å²) in [5.74, 6) is 0. The third kappa shape index (κ3) is 3.56. The number of ether oxygens (including phenoxy) is 1. The smallest absolute Gasteiger partial charge is 0.0824 e. The maximum absolute atomic E-state index is 5.68. The van der Waals surface area contributed by atoms with E-state index in [1.165, 1.54) is 31.2 Å². The van der Waals surface area contributed by atoms with Crippen LogP contribution in [0.4, 0.5) is 0 Å². The topological polar surface area (TPSA) is 33.3 Å². The zero-order valence-corrected chi connectivity index (χ0v) is 11.6. The zero-order valence-electron chi connectivity index (χ0n) is 11.6. The van der Waals surface area contributed by atoms with Gasteiger partial charge in [0.05, 0.1) is 12.7 Å². The highest BCUT2D eigenvalue weighted by molar-refractivity contribution is 5.33. The first-order valence-electron chi connectivity index (χ1n) is 7.55. The summed E-state index contributed by atoms with van der Waals surface area (Å²) in [5, 5.41) is 6.87. The normalized spacial score (nSPS) is 23.1. The standard InChI is InChI=1S/C16H24N2O/c1-2-4-15-9-13(5-6-14(15)3-1)10-18-12-16-11-17-7-8-19-16/h5-6,9,16-18H,1-4,7-8,10-12H2. The molecule has 19 heavy (non-hydrogen) atoms. The van der Waals surface area contributed by atoms with Crippen molar-refractivity contribution in [3.8, 4) is 0 Å². The van der Waals surface area contributed by atoms with Crippen LogP contribution < -0.4 is 10.6 Å². The van der Waals surface area contributed by atoms with Crippen molar-refractivity contribution in [3.05, 3.63) is 34.9 Å². The number of hydrogen-bond donors (Lipinski definition) is 2. The maximum atomic E-state index is 5.68. The number of hydrogen-bond acceptors (Lipinski definition) is 3. The molecule has 0 amide bonds. The fourth-order valence-corrected chi connectivity index (χ4v) is 3.03. The lowest BCUT2D eigenvalue weighted by Crippen LogP contribution is -2.43. The third-order valence-corrected chi connectivity index (χ3v) is 4.12. The van der Waals surface area contributed by atoms with Crippen molar-refractivity contribution in [1.82, 2.24) is 10.6 Å². The van der Waals surface area contributed by atoms with Gasteiger partial charge in [-0.3, -0.25) is 0 Å². The second-order valence-corrected chi connectivity index (χ2v) is 5.64. The monoisotopic (exact) mass is 260 g/mol. The van der Waals surface area contributed by atoms with Gasteiger partial charge in [0, 0.05) is 26.2 Å². The van der Waals surface area contributed by atoms with Crippen molar-refractivity contribution in [1.29, 1.82) is 0 Å². The summed E-state index contributed by atoms with van der Waals surface area (Å²) >= 11 is 0.